The van der Waals surface area contributed by atoms with Crippen molar-refractivity contribution in [1.82, 2.24) is 20.9 Å². The SMILES string of the molecule is CCN1c2ccc3c(C)cc(S(=O)(=O)O)cc3c2C(C)(C)C1/C=C/C=C/C=C1/N(CCCCCC(=O)CCCCCCC(=O)NCCCC[C@H](NC(=O)N[C@@H](CC(=O)O)c2ccc3c(c2)OCO3)C(=O)N(Cc2cccs2)Cc2cccs2)c2ccc3c(S(=O)(=O)O)cccc3c2C1(C)C. The molecule has 24 heteroatoms. The second-order valence-corrected chi connectivity index (χ2v) is 31.9. The highest BCUT2D eigenvalue weighted by atomic mass is 32.2. The van der Waals surface area contributed by atoms with Gasteiger partial charge < -0.3 is 45.2 Å². The van der Waals surface area contributed by atoms with Gasteiger partial charge in [-0.25, -0.2) is 4.79 Å². The van der Waals surface area contributed by atoms with Crippen LogP contribution in [0.3, 0.4) is 0 Å². The van der Waals surface area contributed by atoms with Crippen molar-refractivity contribution < 1.29 is 64.5 Å². The zero-order chi connectivity index (χ0) is 71.5. The van der Waals surface area contributed by atoms with Crippen molar-refractivity contribution in [3.05, 3.63) is 176 Å². The van der Waals surface area contributed by atoms with Crippen molar-refractivity contribution in [3.63, 3.8) is 0 Å². The Morgan fingerprint density at radius 1 is 0.690 bits per heavy atom. The van der Waals surface area contributed by atoms with Crippen LogP contribution in [0.25, 0.3) is 21.5 Å². The smallest absolute Gasteiger partial charge is 0.315 e. The molecule has 3 atom stereocenters. The number of amides is 4. The molecule has 3 aliphatic heterocycles. The van der Waals surface area contributed by atoms with E-state index in [1.165, 1.54) is 34.8 Å². The number of Topliss-reactive ketones (excluding diaryl/α,β-unsaturated/α-hetero) is 1. The van der Waals surface area contributed by atoms with Gasteiger partial charge in [0, 0.05) is 81.9 Å². The Bertz CT molecular complexity index is 4430. The number of fused-ring (bicyclic) bond motifs is 7. The third-order valence-corrected chi connectivity index (χ3v) is 22.8. The number of hydrogen-bond donors (Lipinski definition) is 6. The molecule has 3 aliphatic rings. The lowest BCUT2D eigenvalue weighted by atomic mass is 9.78. The normalized spacial score (nSPS) is 16.4. The summed E-state index contributed by atoms with van der Waals surface area (Å²) in [6, 6.07) is 25.9. The fourth-order valence-electron chi connectivity index (χ4n) is 14.4. The van der Waals surface area contributed by atoms with Gasteiger partial charge in [-0.2, -0.15) is 16.8 Å². The Morgan fingerprint density at radius 3 is 2.04 bits per heavy atom. The van der Waals surface area contributed by atoms with Crippen molar-refractivity contribution in [2.75, 3.05) is 36.2 Å². The number of rotatable bonds is 34. The lowest BCUT2D eigenvalue weighted by molar-refractivity contribution is -0.138. The molecule has 7 aromatic rings. The number of nitrogens with zero attached hydrogens (tertiary/aromatic N) is 3. The number of ketones is 1. The van der Waals surface area contributed by atoms with E-state index < -0.39 is 61.6 Å². The molecule has 0 bridgehead atoms. The summed E-state index contributed by atoms with van der Waals surface area (Å²) in [4.78, 5) is 74.4. The second kappa shape index (κ2) is 32.5. The number of benzene rings is 5. The van der Waals surface area contributed by atoms with Gasteiger partial charge in [-0.1, -0.05) is 114 Å². The number of urea groups is 1. The number of unbranched alkanes of at least 4 members (excludes halogenated alkanes) is 6. The summed E-state index contributed by atoms with van der Waals surface area (Å²) in [6.07, 6.45) is 17.7. The van der Waals surface area contributed by atoms with E-state index in [-0.39, 0.29) is 46.6 Å². The minimum atomic E-state index is -4.52. The molecule has 10 rings (SSSR count). The lowest BCUT2D eigenvalue weighted by Gasteiger charge is -2.31. The highest BCUT2D eigenvalue weighted by Gasteiger charge is 2.45. The number of carbonyl (C=O) groups excluding carboxylic acids is 4. The fraction of sp³-hybridized carbons (Fsp3) is 0.408. The number of likely N-dealkylation sites (N-methyl/N-ethyl adjacent to an activating group) is 1. The summed E-state index contributed by atoms with van der Waals surface area (Å²) >= 11 is 3.06. The van der Waals surface area contributed by atoms with E-state index in [1.807, 2.05) is 78.4 Å². The van der Waals surface area contributed by atoms with E-state index in [1.54, 1.807) is 41.3 Å². The van der Waals surface area contributed by atoms with Gasteiger partial charge in [-0.05, 0) is 169 Å². The lowest BCUT2D eigenvalue weighted by Crippen LogP contribution is -2.51. The van der Waals surface area contributed by atoms with E-state index >= 15 is 0 Å². The first-order chi connectivity index (χ1) is 47.7. The molecule has 20 nitrogen and oxygen atoms in total. The molecule has 5 aromatic carbocycles. The fourth-order valence-corrected chi connectivity index (χ4v) is 17.1. The van der Waals surface area contributed by atoms with Gasteiger partial charge in [-0.15, -0.1) is 22.7 Å². The molecule has 0 saturated carbocycles. The highest BCUT2D eigenvalue weighted by molar-refractivity contribution is 7.86. The van der Waals surface area contributed by atoms with Gasteiger partial charge in [0.2, 0.25) is 18.6 Å². The van der Waals surface area contributed by atoms with Crippen LogP contribution in [0.5, 0.6) is 11.5 Å². The largest absolute Gasteiger partial charge is 0.481 e. The van der Waals surface area contributed by atoms with Crippen molar-refractivity contribution in [1.29, 1.82) is 0 Å². The zero-order valence-electron chi connectivity index (χ0n) is 57.5. The minimum absolute atomic E-state index is 0.0271. The van der Waals surface area contributed by atoms with Gasteiger partial charge >= 0.3 is 12.0 Å². The molecular formula is C76H90N6O14S4. The summed E-state index contributed by atoms with van der Waals surface area (Å²) in [6.45, 7) is 14.9. The van der Waals surface area contributed by atoms with Crippen LogP contribution < -0.4 is 35.2 Å². The van der Waals surface area contributed by atoms with Crippen molar-refractivity contribution in [3.8, 4) is 11.5 Å². The van der Waals surface area contributed by atoms with Gasteiger partial charge in [0.15, 0.2) is 11.5 Å². The quantitative estimate of drug-likeness (QED) is 0.0124. The van der Waals surface area contributed by atoms with Gasteiger partial charge in [0.25, 0.3) is 20.2 Å². The molecule has 6 N–H and O–H groups in total. The van der Waals surface area contributed by atoms with Crippen LogP contribution >= 0.6 is 22.7 Å². The van der Waals surface area contributed by atoms with Crippen LogP contribution in [-0.4, -0.2) is 104 Å². The maximum atomic E-state index is 14.5. The molecule has 5 heterocycles. The number of hydrogen-bond acceptors (Lipinski definition) is 15. The van der Waals surface area contributed by atoms with Crippen LogP contribution in [0.4, 0.5) is 16.2 Å². The Balaban J connectivity index is 0.687. The predicted octanol–water partition coefficient (Wildman–Crippen LogP) is 14.8. The third kappa shape index (κ3) is 17.7. The summed E-state index contributed by atoms with van der Waals surface area (Å²) in [5, 5.41) is 25.2. The molecule has 100 heavy (non-hydrogen) atoms. The summed E-state index contributed by atoms with van der Waals surface area (Å²) in [5.74, 6) is -0.358. The molecule has 0 radical (unpaired) electrons. The van der Waals surface area contributed by atoms with Gasteiger partial charge in [0.05, 0.1) is 36.5 Å². The number of carboxylic acids is 1. The summed E-state index contributed by atoms with van der Waals surface area (Å²) in [5.41, 5.74) is 5.12. The van der Waals surface area contributed by atoms with Crippen LogP contribution in [0.1, 0.15) is 163 Å². The number of thiophene rings is 2. The average molecular weight is 1440 g/mol. The maximum Gasteiger partial charge on any atom is 0.315 e. The van der Waals surface area contributed by atoms with Crippen molar-refractivity contribution >= 4 is 105 Å². The molecule has 532 valence electrons. The zero-order valence-corrected chi connectivity index (χ0v) is 60.7. The first-order valence-corrected chi connectivity index (χ1v) is 38.9. The van der Waals surface area contributed by atoms with Crippen LogP contribution in [-0.2, 0) is 63.3 Å². The first kappa shape index (κ1) is 74.3. The predicted molar refractivity (Wildman–Crippen MR) is 393 cm³/mol. The number of anilines is 2. The first-order valence-electron chi connectivity index (χ1n) is 34.2. The van der Waals surface area contributed by atoms with Crippen LogP contribution in [0, 0.1) is 6.92 Å². The number of carboxylic acid groups (broad SMARTS) is 1. The topological polar surface area (TPSA) is 279 Å². The third-order valence-electron chi connectivity index (χ3n) is 19.3. The summed E-state index contributed by atoms with van der Waals surface area (Å²) < 4.78 is 81.2. The second-order valence-electron chi connectivity index (χ2n) is 27.0. The molecular weight excluding hydrogens is 1350 g/mol. The maximum absolute atomic E-state index is 14.5. The number of aliphatic carboxylic acids is 1. The Morgan fingerprint density at radius 2 is 1.37 bits per heavy atom. The Labute approximate surface area is 594 Å². The molecule has 2 aromatic heterocycles. The number of aryl methyl sites for hydroxylation is 1. The standard InChI is InChI=1S/C76H90N6O14S4/c1-7-81-62-36-34-56-50(2)43-55(99(89,90)91)45-59(56)72(62)75(3,4)67(81)30-14-10-15-31-68-76(5,6)71-58-27-20-29-66(100(92,93)94)57(58)35-37-63(71)82(68)40-19-11-13-24-52(83)23-12-8-9-16-32-69(84)77-39-18-17-28-60(73(87)80(47-53-25-21-41-97-53)48-54-26-22-42-98-54)78-74(88)79-61(46-70(85)86)51-33-38-64-65(44-51)96-49-95-64/h10,14-15,20-22,25-27,29-31,33-38,41-45,60-61,67H,7-9,11-13,16-19,23-24,28,32,39-40,46-49H2,1-6H3,(H,77,84)(H,85,86)(H2,78,79,88)(H,89,90,91)(H,92,93,94)/b15-10+,30-14+,68-31+/t60-,61-,67?/m0/s1. The Kier molecular flexibility index (Phi) is 24.2. The molecule has 0 spiro atoms. The Hall–Kier alpha value is -8.39. The minimum Gasteiger partial charge on any atom is -0.481 e. The average Bonchev–Trinajstić information content (AvgIpc) is 1.56. The van der Waals surface area contributed by atoms with E-state index in [0.717, 1.165) is 98.2 Å². The van der Waals surface area contributed by atoms with Crippen molar-refractivity contribution in [2.45, 2.75) is 183 Å². The number of ether oxygens (including phenoxy) is 2. The molecule has 0 saturated heterocycles. The molecule has 0 fully saturated rings. The number of nitrogens with one attached hydrogen (secondary N) is 3. The number of carbonyl (C=O) groups is 5. The molecule has 1 unspecified atom stereocenters. The van der Waals surface area contributed by atoms with E-state index in [4.69, 9.17) is 9.47 Å². The van der Waals surface area contributed by atoms with Crippen LogP contribution in [0.15, 0.2) is 154 Å². The number of allylic oxidation sites excluding steroid dienone is 5. The van der Waals surface area contributed by atoms with E-state index in [9.17, 15) is 55.0 Å². The van der Waals surface area contributed by atoms with Gasteiger partial charge in [0.1, 0.15) is 16.7 Å². The summed E-state index contributed by atoms with van der Waals surface area (Å²) in [7, 11) is -8.96. The monoisotopic (exact) mass is 1440 g/mol. The van der Waals surface area contributed by atoms with Gasteiger partial charge in [-0.3, -0.25) is 28.3 Å². The molecule has 4 amide bonds. The highest BCUT2D eigenvalue weighted by Crippen LogP contribution is 2.53. The van der Waals surface area contributed by atoms with E-state index in [2.05, 4.69) is 78.6 Å². The van der Waals surface area contributed by atoms with E-state index in [0.29, 0.717) is 93.7 Å². The van der Waals surface area contributed by atoms with Crippen molar-refractivity contribution in [2.24, 2.45) is 0 Å². The van der Waals surface area contributed by atoms with Crippen LogP contribution in [0.2, 0.25) is 0 Å². The molecule has 0 aliphatic carbocycles.